The Balaban J connectivity index is 1.57. The topological polar surface area (TPSA) is 66.5 Å². The molecule has 2 aromatic rings. The molecule has 0 aliphatic carbocycles. The van der Waals surface area contributed by atoms with Crippen LogP contribution in [0.2, 0.25) is 0 Å². The van der Waals surface area contributed by atoms with Gasteiger partial charge in [0.1, 0.15) is 0 Å². The number of hydrogen-bond acceptors (Lipinski definition) is 3. The number of amides is 1. The maximum absolute atomic E-state index is 13.5. The quantitative estimate of drug-likeness (QED) is 0.695. The molecule has 0 aromatic heterocycles. The summed E-state index contributed by atoms with van der Waals surface area (Å²) < 4.78 is 53.2. The van der Waals surface area contributed by atoms with Gasteiger partial charge in [-0.1, -0.05) is 44.2 Å². The number of rotatable bonds is 7. The lowest BCUT2D eigenvalue weighted by Crippen LogP contribution is -2.43. The number of benzene rings is 2. The van der Waals surface area contributed by atoms with Crippen LogP contribution in [0.3, 0.4) is 0 Å². The van der Waals surface area contributed by atoms with Crippen molar-refractivity contribution in [3.05, 3.63) is 65.7 Å². The van der Waals surface area contributed by atoms with Crippen molar-refractivity contribution in [3.63, 3.8) is 0 Å². The molecular weight excluding hydrogens is 422 g/mol. The highest BCUT2D eigenvalue weighted by atomic mass is 32.2. The Kier molecular flexibility index (Phi) is 7.43. The summed E-state index contributed by atoms with van der Waals surface area (Å²) in [5.74, 6) is -2.10. The average molecular weight is 451 g/mol. The fourth-order valence-electron chi connectivity index (χ4n) is 3.94. The average Bonchev–Trinajstić information content (AvgIpc) is 2.76. The van der Waals surface area contributed by atoms with E-state index in [4.69, 9.17) is 0 Å². The van der Waals surface area contributed by atoms with Crippen LogP contribution in [0.5, 0.6) is 0 Å². The minimum Gasteiger partial charge on any atom is -0.355 e. The number of sulfonamides is 1. The van der Waals surface area contributed by atoms with Crippen LogP contribution in [0.1, 0.15) is 38.2 Å². The van der Waals surface area contributed by atoms with Gasteiger partial charge >= 0.3 is 0 Å². The van der Waals surface area contributed by atoms with E-state index in [9.17, 15) is 22.0 Å². The Labute approximate surface area is 182 Å². The number of halogens is 2. The van der Waals surface area contributed by atoms with E-state index < -0.39 is 21.7 Å². The van der Waals surface area contributed by atoms with Crippen molar-refractivity contribution in [2.24, 2.45) is 11.8 Å². The fraction of sp³-hybridized carbons (Fsp3) is 0.435. The van der Waals surface area contributed by atoms with Crippen LogP contribution in [0.25, 0.3) is 0 Å². The molecule has 1 heterocycles. The molecule has 1 amide bonds. The van der Waals surface area contributed by atoms with Crippen molar-refractivity contribution in [3.8, 4) is 0 Å². The smallest absolute Gasteiger partial charge is 0.243 e. The van der Waals surface area contributed by atoms with Crippen LogP contribution in [0, 0.1) is 23.5 Å². The molecule has 1 fully saturated rings. The van der Waals surface area contributed by atoms with Crippen LogP contribution >= 0.6 is 0 Å². The molecule has 1 aliphatic heterocycles. The molecule has 1 N–H and O–H groups in total. The number of piperidine rings is 1. The minimum atomic E-state index is -3.93. The van der Waals surface area contributed by atoms with Crippen molar-refractivity contribution < 1.29 is 22.0 Å². The van der Waals surface area contributed by atoms with Gasteiger partial charge in [-0.2, -0.15) is 4.31 Å². The zero-order chi connectivity index (χ0) is 22.6. The van der Waals surface area contributed by atoms with Gasteiger partial charge in [-0.05, 0) is 42.5 Å². The van der Waals surface area contributed by atoms with E-state index in [0.29, 0.717) is 31.4 Å². The maximum atomic E-state index is 13.5. The monoisotopic (exact) mass is 450 g/mol. The Morgan fingerprint density at radius 3 is 2.29 bits per heavy atom. The number of carbonyl (C=O) groups is 1. The van der Waals surface area contributed by atoms with Gasteiger partial charge in [-0.25, -0.2) is 17.2 Å². The molecule has 0 spiro atoms. The zero-order valence-electron chi connectivity index (χ0n) is 17.7. The molecule has 31 heavy (non-hydrogen) atoms. The van der Waals surface area contributed by atoms with E-state index in [1.165, 1.54) is 9.87 Å². The second-order valence-electron chi connectivity index (χ2n) is 8.26. The molecule has 1 atom stereocenters. The zero-order valence-corrected chi connectivity index (χ0v) is 18.5. The largest absolute Gasteiger partial charge is 0.355 e. The summed E-state index contributed by atoms with van der Waals surface area (Å²) in [5, 5.41) is 3.03. The van der Waals surface area contributed by atoms with Crippen LogP contribution in [0.15, 0.2) is 53.4 Å². The Morgan fingerprint density at radius 2 is 1.71 bits per heavy atom. The first-order valence-electron chi connectivity index (χ1n) is 10.5. The van der Waals surface area contributed by atoms with E-state index in [2.05, 4.69) is 31.3 Å². The van der Waals surface area contributed by atoms with E-state index in [1.54, 1.807) is 0 Å². The second kappa shape index (κ2) is 9.87. The Hall–Kier alpha value is -2.32. The minimum absolute atomic E-state index is 0.0774. The highest BCUT2D eigenvalue weighted by molar-refractivity contribution is 7.89. The van der Waals surface area contributed by atoms with Crippen molar-refractivity contribution in [1.82, 2.24) is 9.62 Å². The van der Waals surface area contributed by atoms with E-state index in [1.807, 2.05) is 18.2 Å². The molecule has 1 unspecified atom stereocenters. The van der Waals surface area contributed by atoms with Crippen LogP contribution in [-0.2, 0) is 14.8 Å². The van der Waals surface area contributed by atoms with Crippen molar-refractivity contribution in [2.75, 3.05) is 19.6 Å². The normalized spacial score (nSPS) is 16.9. The first kappa shape index (κ1) is 23.3. The second-order valence-corrected chi connectivity index (χ2v) is 10.2. The highest BCUT2D eigenvalue weighted by Crippen LogP contribution is 2.26. The number of nitrogens with zero attached hydrogens (tertiary/aromatic N) is 1. The first-order chi connectivity index (χ1) is 14.7. The van der Waals surface area contributed by atoms with Gasteiger partial charge in [0.2, 0.25) is 15.9 Å². The molecule has 168 valence electrons. The summed E-state index contributed by atoms with van der Waals surface area (Å²) in [4.78, 5) is 12.4. The molecular formula is C23H28F2N2O3S. The molecule has 3 rings (SSSR count). The SMILES string of the molecule is CC(C)C(CNC(=O)C1CCN(S(=O)(=O)c2ccc(F)c(F)c2)CC1)c1ccccc1. The van der Waals surface area contributed by atoms with Crippen molar-refractivity contribution >= 4 is 15.9 Å². The highest BCUT2D eigenvalue weighted by Gasteiger charge is 2.32. The van der Waals surface area contributed by atoms with E-state index in [-0.39, 0.29) is 35.7 Å². The lowest BCUT2D eigenvalue weighted by Gasteiger charge is -2.31. The summed E-state index contributed by atoms with van der Waals surface area (Å²) in [6.45, 7) is 5.07. The van der Waals surface area contributed by atoms with Gasteiger partial charge in [-0.15, -0.1) is 0 Å². The molecule has 2 aromatic carbocycles. The third-order valence-electron chi connectivity index (χ3n) is 5.88. The summed E-state index contributed by atoms with van der Waals surface area (Å²) in [7, 11) is -3.93. The Morgan fingerprint density at radius 1 is 1.06 bits per heavy atom. The molecule has 8 heteroatoms. The number of nitrogens with one attached hydrogen (secondary N) is 1. The molecule has 0 radical (unpaired) electrons. The lowest BCUT2D eigenvalue weighted by molar-refractivity contribution is -0.126. The summed E-state index contributed by atoms with van der Waals surface area (Å²) in [6, 6.07) is 12.6. The Bertz CT molecular complexity index is 1000. The van der Waals surface area contributed by atoms with Gasteiger partial charge in [0, 0.05) is 31.5 Å². The van der Waals surface area contributed by atoms with Gasteiger partial charge in [-0.3, -0.25) is 4.79 Å². The lowest BCUT2D eigenvalue weighted by atomic mass is 9.88. The fourth-order valence-corrected chi connectivity index (χ4v) is 5.42. The van der Waals surface area contributed by atoms with Gasteiger partial charge < -0.3 is 5.32 Å². The van der Waals surface area contributed by atoms with Gasteiger partial charge in [0.05, 0.1) is 4.90 Å². The third-order valence-corrected chi connectivity index (χ3v) is 7.78. The molecule has 1 aliphatic rings. The number of hydrogen-bond donors (Lipinski definition) is 1. The van der Waals surface area contributed by atoms with Crippen molar-refractivity contribution in [1.29, 1.82) is 0 Å². The standard InChI is InChI=1S/C23H28F2N2O3S/c1-16(2)20(17-6-4-3-5-7-17)15-26-23(28)18-10-12-27(13-11-18)31(29,30)19-8-9-21(24)22(25)14-19/h3-9,14,16,18,20H,10-13,15H2,1-2H3,(H,26,28). The predicted molar refractivity (Wildman–Crippen MR) is 115 cm³/mol. The van der Waals surface area contributed by atoms with Gasteiger partial charge in [0.25, 0.3) is 0 Å². The summed E-state index contributed by atoms with van der Waals surface area (Å²) in [6.07, 6.45) is 0.763. The molecule has 0 bridgehead atoms. The van der Waals surface area contributed by atoms with Crippen LogP contribution in [0.4, 0.5) is 8.78 Å². The molecule has 5 nitrogen and oxygen atoms in total. The maximum Gasteiger partial charge on any atom is 0.243 e. The number of carbonyl (C=O) groups excluding carboxylic acids is 1. The van der Waals surface area contributed by atoms with Gasteiger partial charge in [0.15, 0.2) is 11.6 Å². The first-order valence-corrected chi connectivity index (χ1v) is 11.9. The molecule has 1 saturated heterocycles. The predicted octanol–water partition coefficient (Wildman–Crippen LogP) is 3.92. The van der Waals surface area contributed by atoms with E-state index in [0.717, 1.165) is 12.1 Å². The third kappa shape index (κ3) is 5.49. The van der Waals surface area contributed by atoms with E-state index >= 15 is 0 Å². The molecule has 0 saturated carbocycles. The summed E-state index contributed by atoms with van der Waals surface area (Å²) in [5.41, 5.74) is 1.17. The van der Waals surface area contributed by atoms with Crippen molar-refractivity contribution in [2.45, 2.75) is 37.5 Å². The van der Waals surface area contributed by atoms with Crippen LogP contribution in [-0.4, -0.2) is 38.3 Å². The van der Waals surface area contributed by atoms with Crippen LogP contribution < -0.4 is 5.32 Å². The summed E-state index contributed by atoms with van der Waals surface area (Å²) >= 11 is 0.